The number of carbonyl (C=O) groups excluding carboxylic acids is 4. The predicted octanol–water partition coefficient (Wildman–Crippen LogP) is 2.43. The lowest BCUT2D eigenvalue weighted by molar-refractivity contribution is -0.154. The molecule has 0 spiro atoms. The largest absolute Gasteiger partial charge is 0.452 e. The first kappa shape index (κ1) is 20.0. The molecule has 0 radical (unpaired) electrons. The first-order valence-corrected chi connectivity index (χ1v) is 9.79. The van der Waals surface area contributed by atoms with Crippen LogP contribution in [-0.2, 0) is 23.9 Å². The molecule has 1 saturated heterocycles. The van der Waals surface area contributed by atoms with E-state index in [1.165, 1.54) is 11.8 Å². The molecule has 7 heteroatoms. The number of amides is 3. The van der Waals surface area contributed by atoms with E-state index in [1.807, 2.05) is 19.1 Å². The molecule has 0 unspecified atom stereocenters. The molecule has 3 rings (SSSR count). The van der Waals surface area contributed by atoms with Crippen LogP contribution in [0.1, 0.15) is 44.6 Å². The van der Waals surface area contributed by atoms with Gasteiger partial charge in [-0.1, -0.05) is 30.5 Å². The number of nitrogens with zero attached hydrogens (tertiary/aromatic N) is 1. The number of benzene rings is 1. The highest BCUT2D eigenvalue weighted by Crippen LogP contribution is 2.37. The van der Waals surface area contributed by atoms with Crippen molar-refractivity contribution in [2.24, 2.45) is 11.8 Å². The number of esters is 1. The van der Waals surface area contributed by atoms with Gasteiger partial charge in [0.05, 0.1) is 18.3 Å². The summed E-state index contributed by atoms with van der Waals surface area (Å²) in [5.74, 6) is -1.84. The number of imide groups is 1. The summed E-state index contributed by atoms with van der Waals surface area (Å²) in [6.45, 7) is 3.44. The van der Waals surface area contributed by atoms with Crippen LogP contribution in [0.15, 0.2) is 24.3 Å². The first-order valence-electron chi connectivity index (χ1n) is 9.79. The molecule has 1 aromatic rings. The smallest absolute Gasteiger partial charge is 0.308 e. The molecule has 150 valence electrons. The molecule has 7 nitrogen and oxygen atoms in total. The Morgan fingerprint density at radius 3 is 2.25 bits per heavy atom. The van der Waals surface area contributed by atoms with Gasteiger partial charge in [0.1, 0.15) is 0 Å². The van der Waals surface area contributed by atoms with Crippen LogP contribution in [0.2, 0.25) is 0 Å². The lowest BCUT2D eigenvalue weighted by Gasteiger charge is -2.19. The van der Waals surface area contributed by atoms with Crippen molar-refractivity contribution in [2.45, 2.75) is 52.1 Å². The Kier molecular flexibility index (Phi) is 6.11. The van der Waals surface area contributed by atoms with Gasteiger partial charge in [-0.3, -0.25) is 24.1 Å². The third-order valence-corrected chi connectivity index (χ3v) is 5.47. The van der Waals surface area contributed by atoms with E-state index < -0.39 is 18.0 Å². The van der Waals surface area contributed by atoms with Crippen LogP contribution in [-0.4, -0.2) is 41.2 Å². The van der Waals surface area contributed by atoms with Crippen molar-refractivity contribution in [3.8, 4) is 0 Å². The Morgan fingerprint density at radius 2 is 1.68 bits per heavy atom. The predicted molar refractivity (Wildman–Crippen MR) is 102 cm³/mol. The minimum atomic E-state index is -0.971. The van der Waals surface area contributed by atoms with Crippen molar-refractivity contribution in [3.05, 3.63) is 29.8 Å². The lowest BCUT2D eigenvalue weighted by Crippen LogP contribution is -2.35. The van der Waals surface area contributed by atoms with Gasteiger partial charge in [0.25, 0.3) is 5.91 Å². The summed E-state index contributed by atoms with van der Waals surface area (Å²) in [5, 5.41) is 2.68. The highest BCUT2D eigenvalue weighted by atomic mass is 16.5. The fraction of sp³-hybridized carbons (Fsp3) is 0.524. The fourth-order valence-electron chi connectivity index (χ4n) is 3.84. The minimum absolute atomic E-state index is 0.00972. The Bertz CT molecular complexity index is 750. The Morgan fingerprint density at radius 1 is 1.11 bits per heavy atom. The second-order valence-electron chi connectivity index (χ2n) is 7.56. The van der Waals surface area contributed by atoms with Crippen LogP contribution in [0.5, 0.6) is 0 Å². The molecular formula is C21H26N2O5. The molecule has 3 atom stereocenters. The summed E-state index contributed by atoms with van der Waals surface area (Å²) >= 11 is 0. The van der Waals surface area contributed by atoms with Crippen molar-refractivity contribution in [1.29, 1.82) is 0 Å². The van der Waals surface area contributed by atoms with Gasteiger partial charge in [-0.15, -0.1) is 0 Å². The fourth-order valence-corrected chi connectivity index (χ4v) is 3.84. The number of carbonyl (C=O) groups is 4. The van der Waals surface area contributed by atoms with Gasteiger partial charge in [0.15, 0.2) is 6.10 Å². The third kappa shape index (κ3) is 4.40. The average Bonchev–Trinajstić information content (AvgIpc) is 2.92. The van der Waals surface area contributed by atoms with Crippen molar-refractivity contribution in [1.82, 2.24) is 4.90 Å². The maximum Gasteiger partial charge on any atom is 0.308 e. The van der Waals surface area contributed by atoms with Crippen molar-refractivity contribution >= 4 is 29.4 Å². The number of hydrogen-bond acceptors (Lipinski definition) is 5. The van der Waals surface area contributed by atoms with Crippen molar-refractivity contribution in [3.63, 3.8) is 0 Å². The van der Waals surface area contributed by atoms with Crippen LogP contribution >= 0.6 is 0 Å². The van der Waals surface area contributed by atoms with E-state index in [0.717, 1.165) is 31.2 Å². The van der Waals surface area contributed by atoms with Crippen LogP contribution in [0.3, 0.4) is 0 Å². The molecule has 1 aliphatic carbocycles. The summed E-state index contributed by atoms with van der Waals surface area (Å²) in [4.78, 5) is 50.3. The molecule has 1 N–H and O–H groups in total. The standard InChI is InChI=1S/C21H26N2O5/c1-13-7-9-15(10-8-13)22-19(25)14(2)28-18(24)11-12-23-20(26)16-5-3-4-6-17(16)21(23)27/h7-10,14,16-17H,3-6,11-12H2,1-2H3,(H,22,25)/t14-,16-,17+/m0/s1. The molecule has 0 aromatic heterocycles. The zero-order valence-corrected chi connectivity index (χ0v) is 16.3. The quantitative estimate of drug-likeness (QED) is 0.599. The molecule has 1 heterocycles. The van der Waals surface area contributed by atoms with E-state index in [2.05, 4.69) is 5.32 Å². The maximum absolute atomic E-state index is 12.4. The molecule has 1 aromatic carbocycles. The van der Waals surface area contributed by atoms with E-state index in [1.54, 1.807) is 12.1 Å². The van der Waals surface area contributed by atoms with Crippen LogP contribution < -0.4 is 5.32 Å². The van der Waals surface area contributed by atoms with Gasteiger partial charge in [0, 0.05) is 12.2 Å². The summed E-state index contributed by atoms with van der Waals surface area (Å²) in [6, 6.07) is 7.28. The van der Waals surface area contributed by atoms with Crippen LogP contribution in [0.25, 0.3) is 0 Å². The molecule has 2 fully saturated rings. The number of likely N-dealkylation sites (tertiary alicyclic amines) is 1. The molecule has 1 saturated carbocycles. The normalized spacial score (nSPS) is 22.6. The van der Waals surface area contributed by atoms with Crippen molar-refractivity contribution < 1.29 is 23.9 Å². The van der Waals surface area contributed by atoms with E-state index in [-0.39, 0.29) is 36.6 Å². The summed E-state index contributed by atoms with van der Waals surface area (Å²) in [5.41, 5.74) is 1.69. The number of aryl methyl sites for hydroxylation is 1. The number of fused-ring (bicyclic) bond motifs is 1. The van der Waals surface area contributed by atoms with Gasteiger partial charge in [0.2, 0.25) is 11.8 Å². The second kappa shape index (κ2) is 8.54. The Hall–Kier alpha value is -2.70. The van der Waals surface area contributed by atoms with Gasteiger partial charge in [-0.25, -0.2) is 0 Å². The average molecular weight is 386 g/mol. The van der Waals surface area contributed by atoms with Crippen LogP contribution in [0.4, 0.5) is 5.69 Å². The lowest BCUT2D eigenvalue weighted by atomic mass is 9.81. The number of rotatable bonds is 6. The zero-order chi connectivity index (χ0) is 20.3. The molecule has 2 aliphatic rings. The van der Waals surface area contributed by atoms with E-state index in [0.29, 0.717) is 5.69 Å². The third-order valence-electron chi connectivity index (χ3n) is 5.47. The van der Waals surface area contributed by atoms with Crippen LogP contribution in [0, 0.1) is 18.8 Å². The Labute approximate surface area is 164 Å². The first-order chi connectivity index (χ1) is 13.4. The number of hydrogen-bond donors (Lipinski definition) is 1. The zero-order valence-electron chi connectivity index (χ0n) is 16.3. The summed E-state index contributed by atoms with van der Waals surface area (Å²) in [7, 11) is 0. The maximum atomic E-state index is 12.4. The molecule has 0 bridgehead atoms. The number of nitrogens with one attached hydrogen (secondary N) is 1. The van der Waals surface area contributed by atoms with Gasteiger partial charge >= 0.3 is 5.97 Å². The number of ether oxygens (including phenoxy) is 1. The highest BCUT2D eigenvalue weighted by Gasteiger charge is 2.47. The molecule has 28 heavy (non-hydrogen) atoms. The van der Waals surface area contributed by atoms with Crippen molar-refractivity contribution in [2.75, 3.05) is 11.9 Å². The summed E-state index contributed by atoms with van der Waals surface area (Å²) < 4.78 is 5.16. The van der Waals surface area contributed by atoms with E-state index >= 15 is 0 Å². The summed E-state index contributed by atoms with van der Waals surface area (Å²) in [6.07, 6.45) is 2.33. The Balaban J connectivity index is 1.47. The van der Waals surface area contributed by atoms with Gasteiger partial charge in [-0.05, 0) is 38.8 Å². The SMILES string of the molecule is Cc1ccc(NC(=O)[C@H](C)OC(=O)CCN2C(=O)[C@H]3CCCC[C@H]3C2=O)cc1. The molecule has 3 amide bonds. The molecule has 1 aliphatic heterocycles. The van der Waals surface area contributed by atoms with Gasteiger partial charge in [-0.2, -0.15) is 0 Å². The van der Waals surface area contributed by atoms with E-state index in [9.17, 15) is 19.2 Å². The van der Waals surface area contributed by atoms with Gasteiger partial charge < -0.3 is 10.1 Å². The molecular weight excluding hydrogens is 360 g/mol. The highest BCUT2D eigenvalue weighted by molar-refractivity contribution is 6.05. The topological polar surface area (TPSA) is 92.8 Å². The number of anilines is 1. The minimum Gasteiger partial charge on any atom is -0.452 e. The second-order valence-corrected chi connectivity index (χ2v) is 7.56. The van der Waals surface area contributed by atoms with E-state index in [4.69, 9.17) is 4.74 Å². The monoisotopic (exact) mass is 386 g/mol.